The highest BCUT2D eigenvalue weighted by molar-refractivity contribution is 6.09. The molecule has 0 amide bonds. The number of hydrogen-bond acceptors (Lipinski definition) is 2. The Labute approximate surface area is 182 Å². The van der Waals surface area contributed by atoms with Crippen LogP contribution in [0, 0.1) is 11.3 Å². The summed E-state index contributed by atoms with van der Waals surface area (Å²) in [4.78, 5) is 4.61. The van der Waals surface area contributed by atoms with Crippen LogP contribution in [-0.4, -0.2) is 9.55 Å². The SMILES string of the molecule is CC(C)(C)c1ccc(-c2ccc(C#N)cn2)c(-n2c3ccccc3c3ccccc32)c1. The average Bonchev–Trinajstić information content (AvgIpc) is 3.12. The Morgan fingerprint density at radius 2 is 1.45 bits per heavy atom. The van der Waals surface area contributed by atoms with Crippen LogP contribution in [0.3, 0.4) is 0 Å². The summed E-state index contributed by atoms with van der Waals surface area (Å²) in [5, 5.41) is 11.6. The third-order valence-electron chi connectivity index (χ3n) is 5.85. The van der Waals surface area contributed by atoms with Crippen molar-refractivity contribution < 1.29 is 0 Å². The van der Waals surface area contributed by atoms with Gasteiger partial charge >= 0.3 is 0 Å². The van der Waals surface area contributed by atoms with Gasteiger partial charge in [0.2, 0.25) is 0 Å². The van der Waals surface area contributed by atoms with Crippen molar-refractivity contribution in [1.29, 1.82) is 5.26 Å². The molecule has 0 saturated heterocycles. The molecule has 0 fully saturated rings. The minimum atomic E-state index is 0.0180. The van der Waals surface area contributed by atoms with Gasteiger partial charge in [-0.05, 0) is 41.3 Å². The second-order valence-electron chi connectivity index (χ2n) is 8.90. The van der Waals surface area contributed by atoms with Crippen LogP contribution < -0.4 is 0 Å². The van der Waals surface area contributed by atoms with Crippen LogP contribution in [0.25, 0.3) is 38.8 Å². The molecule has 2 aromatic heterocycles. The summed E-state index contributed by atoms with van der Waals surface area (Å²) < 4.78 is 2.34. The summed E-state index contributed by atoms with van der Waals surface area (Å²) in [5.41, 5.74) is 7.19. The number of hydrogen-bond donors (Lipinski definition) is 0. The fourth-order valence-corrected chi connectivity index (χ4v) is 4.20. The normalized spacial score (nSPS) is 11.7. The Balaban J connectivity index is 1.89. The molecule has 2 heterocycles. The van der Waals surface area contributed by atoms with E-state index in [1.807, 2.05) is 12.1 Å². The molecule has 5 rings (SSSR count). The van der Waals surface area contributed by atoms with E-state index in [9.17, 15) is 5.26 Å². The minimum absolute atomic E-state index is 0.0180. The van der Waals surface area contributed by atoms with Crippen molar-refractivity contribution in [2.24, 2.45) is 0 Å². The van der Waals surface area contributed by atoms with E-state index in [-0.39, 0.29) is 5.41 Å². The zero-order valence-electron chi connectivity index (χ0n) is 17.9. The van der Waals surface area contributed by atoms with Crippen LogP contribution in [0.4, 0.5) is 0 Å². The van der Waals surface area contributed by atoms with E-state index >= 15 is 0 Å². The summed E-state index contributed by atoms with van der Waals surface area (Å²) in [6.45, 7) is 6.70. The van der Waals surface area contributed by atoms with Crippen LogP contribution in [-0.2, 0) is 5.41 Å². The van der Waals surface area contributed by atoms with Gasteiger partial charge in [-0.15, -0.1) is 0 Å². The highest BCUT2D eigenvalue weighted by Gasteiger charge is 2.20. The molecular weight excluding hydrogens is 378 g/mol. The topological polar surface area (TPSA) is 41.6 Å². The standard InChI is InChI=1S/C28H23N3/c1-28(2,3)20-13-14-23(24-15-12-19(17-29)18-30-24)27(16-20)31-25-10-6-4-8-21(25)22-9-5-7-11-26(22)31/h4-16,18H,1-3H3. The fraction of sp³-hybridized carbons (Fsp3) is 0.143. The van der Waals surface area contributed by atoms with Crippen molar-refractivity contribution >= 4 is 21.8 Å². The first kappa shape index (κ1) is 19.1. The molecule has 150 valence electrons. The molecule has 0 unspecified atom stereocenters. The molecule has 0 atom stereocenters. The molecule has 0 N–H and O–H groups in total. The summed E-state index contributed by atoms with van der Waals surface area (Å²) in [7, 11) is 0. The zero-order chi connectivity index (χ0) is 21.6. The van der Waals surface area contributed by atoms with Crippen molar-refractivity contribution in [2.75, 3.05) is 0 Å². The lowest BCUT2D eigenvalue weighted by molar-refractivity contribution is 0.590. The van der Waals surface area contributed by atoms with E-state index in [0.29, 0.717) is 5.56 Å². The Kier molecular flexibility index (Phi) is 4.38. The average molecular weight is 402 g/mol. The molecule has 0 aliphatic rings. The Morgan fingerprint density at radius 1 is 0.806 bits per heavy atom. The molecule has 5 aromatic rings. The van der Waals surface area contributed by atoms with Gasteiger partial charge in [-0.2, -0.15) is 5.26 Å². The van der Waals surface area contributed by atoms with Crippen LogP contribution in [0.15, 0.2) is 85.1 Å². The number of nitriles is 1. The van der Waals surface area contributed by atoms with E-state index in [1.54, 1.807) is 6.20 Å². The molecule has 0 saturated carbocycles. The first-order valence-corrected chi connectivity index (χ1v) is 10.5. The van der Waals surface area contributed by atoms with E-state index in [2.05, 4.69) is 103 Å². The summed E-state index contributed by atoms with van der Waals surface area (Å²) in [6.07, 6.45) is 1.64. The lowest BCUT2D eigenvalue weighted by Gasteiger charge is -2.22. The Morgan fingerprint density at radius 3 is 2.00 bits per heavy atom. The molecule has 31 heavy (non-hydrogen) atoms. The number of rotatable bonds is 2. The lowest BCUT2D eigenvalue weighted by atomic mass is 9.85. The molecular formula is C28H23N3. The second kappa shape index (κ2) is 7.11. The van der Waals surface area contributed by atoms with Gasteiger partial charge in [0.1, 0.15) is 6.07 Å². The molecule has 0 aliphatic heterocycles. The number of nitrogens with zero attached hydrogens (tertiary/aromatic N) is 3. The number of para-hydroxylation sites is 2. The van der Waals surface area contributed by atoms with Crippen molar-refractivity contribution in [3.05, 3.63) is 96.2 Å². The first-order chi connectivity index (χ1) is 15.0. The van der Waals surface area contributed by atoms with E-state index in [1.165, 1.54) is 27.4 Å². The van der Waals surface area contributed by atoms with Gasteiger partial charge in [0.15, 0.2) is 0 Å². The van der Waals surface area contributed by atoms with E-state index in [4.69, 9.17) is 0 Å². The largest absolute Gasteiger partial charge is 0.309 e. The predicted molar refractivity (Wildman–Crippen MR) is 127 cm³/mol. The van der Waals surface area contributed by atoms with Gasteiger partial charge in [0, 0.05) is 22.5 Å². The molecule has 3 nitrogen and oxygen atoms in total. The maximum absolute atomic E-state index is 9.17. The van der Waals surface area contributed by atoms with Crippen molar-refractivity contribution in [2.45, 2.75) is 26.2 Å². The molecule has 0 aliphatic carbocycles. The molecule has 3 aromatic carbocycles. The van der Waals surface area contributed by atoms with E-state index in [0.717, 1.165) is 16.9 Å². The van der Waals surface area contributed by atoms with Crippen molar-refractivity contribution in [3.63, 3.8) is 0 Å². The maximum atomic E-state index is 9.17. The molecule has 0 radical (unpaired) electrons. The van der Waals surface area contributed by atoms with Gasteiger partial charge in [-0.1, -0.05) is 69.3 Å². The Hall–Kier alpha value is -3.90. The summed E-state index contributed by atoms with van der Waals surface area (Å²) in [6, 6.07) is 29.6. The lowest BCUT2D eigenvalue weighted by Crippen LogP contribution is -2.12. The highest BCUT2D eigenvalue weighted by atomic mass is 15.0. The van der Waals surface area contributed by atoms with Gasteiger partial charge in [-0.3, -0.25) is 4.98 Å². The first-order valence-electron chi connectivity index (χ1n) is 10.5. The molecule has 0 spiro atoms. The van der Waals surface area contributed by atoms with Crippen molar-refractivity contribution in [1.82, 2.24) is 9.55 Å². The quantitative estimate of drug-likeness (QED) is 0.319. The van der Waals surface area contributed by atoms with Crippen LogP contribution in [0.1, 0.15) is 31.9 Å². The number of pyridine rings is 1. The van der Waals surface area contributed by atoms with Crippen LogP contribution in [0.5, 0.6) is 0 Å². The fourth-order valence-electron chi connectivity index (χ4n) is 4.20. The predicted octanol–water partition coefficient (Wildman–Crippen LogP) is 7.01. The van der Waals surface area contributed by atoms with Gasteiger partial charge in [-0.25, -0.2) is 0 Å². The van der Waals surface area contributed by atoms with Gasteiger partial charge < -0.3 is 4.57 Å². The number of aromatic nitrogens is 2. The third kappa shape index (κ3) is 3.17. The summed E-state index contributed by atoms with van der Waals surface area (Å²) in [5.74, 6) is 0. The third-order valence-corrected chi connectivity index (χ3v) is 5.85. The number of benzene rings is 3. The van der Waals surface area contributed by atoms with E-state index < -0.39 is 0 Å². The maximum Gasteiger partial charge on any atom is 0.101 e. The van der Waals surface area contributed by atoms with Gasteiger partial charge in [0.05, 0.1) is 28.0 Å². The van der Waals surface area contributed by atoms with Gasteiger partial charge in [0.25, 0.3) is 0 Å². The highest BCUT2D eigenvalue weighted by Crippen LogP contribution is 2.37. The van der Waals surface area contributed by atoms with Crippen molar-refractivity contribution in [3.8, 4) is 23.0 Å². The summed E-state index contributed by atoms with van der Waals surface area (Å²) >= 11 is 0. The minimum Gasteiger partial charge on any atom is -0.309 e. The van der Waals surface area contributed by atoms with Crippen LogP contribution >= 0.6 is 0 Å². The number of fused-ring (bicyclic) bond motifs is 3. The molecule has 0 bridgehead atoms. The zero-order valence-corrected chi connectivity index (χ0v) is 17.9. The molecule has 3 heteroatoms. The second-order valence-corrected chi connectivity index (χ2v) is 8.90. The Bertz CT molecular complexity index is 1410. The smallest absolute Gasteiger partial charge is 0.101 e. The van der Waals surface area contributed by atoms with Crippen LogP contribution in [0.2, 0.25) is 0 Å². The monoisotopic (exact) mass is 401 g/mol.